The lowest BCUT2D eigenvalue weighted by atomic mass is 9.41. The van der Waals surface area contributed by atoms with E-state index in [4.69, 9.17) is 9.47 Å². The molecule has 6 fully saturated rings. The smallest absolute Gasteiger partial charge is 0.312 e. The SMILES string of the molecule is C[C@H](C/C=C/C(C)(C)OO)[C@H]1CC[C@@]2(C)[C@@H]3CC[C@H]4[C@](C)(C(=O)O)[C@@H](O[C@@H]5OC[C@@H](O)[C@H](O)[C@H]5O)C[C@H](O)[C@@]45C[C@@]35CC[C@]12C. The maximum absolute atomic E-state index is 13.2. The molecular weight excluding hydrogens is 580 g/mol. The van der Waals surface area contributed by atoms with Crippen LogP contribution >= 0.6 is 0 Å². The van der Waals surface area contributed by atoms with E-state index in [0.29, 0.717) is 24.2 Å². The maximum atomic E-state index is 13.2. The molecule has 15 atom stereocenters. The molecule has 6 N–H and O–H groups in total. The summed E-state index contributed by atoms with van der Waals surface area (Å²) in [7, 11) is 0. The molecule has 10 heteroatoms. The van der Waals surface area contributed by atoms with Crippen LogP contribution in [0.15, 0.2) is 12.2 Å². The number of hydrogen-bond acceptors (Lipinski definition) is 9. The van der Waals surface area contributed by atoms with Crippen LogP contribution in [0.2, 0.25) is 0 Å². The minimum Gasteiger partial charge on any atom is -0.481 e. The standard InChI is InChI=1S/C35H56O10/c1-19(8-7-12-30(2,3)45-42)20-11-13-32(5)22-9-10-23-33(6,29(40)41)25(44-28-27(39)26(38)21(36)17-43-28)16-24(37)35(23)18-34(22,35)15-14-31(20,32)4/h7,12,19-28,36-39,42H,8-11,13-18H2,1-6H3,(H,40,41)/b12-7+/t19-,20-,21-,22+,23+,24+,25+,26+,27-,28+,31-,32+,33+,34+,35-/m1/s1. The number of allylic oxidation sites excluding steroid dienone is 1. The van der Waals surface area contributed by atoms with Gasteiger partial charge in [-0.15, -0.1) is 0 Å². The summed E-state index contributed by atoms with van der Waals surface area (Å²) in [4.78, 5) is 17.8. The van der Waals surface area contributed by atoms with Gasteiger partial charge in [0.15, 0.2) is 6.29 Å². The molecule has 45 heavy (non-hydrogen) atoms. The van der Waals surface area contributed by atoms with Crippen LogP contribution in [-0.2, 0) is 19.2 Å². The van der Waals surface area contributed by atoms with Crippen molar-refractivity contribution in [3.05, 3.63) is 12.2 Å². The fraction of sp³-hybridized carbons (Fsp3) is 0.914. The molecule has 0 radical (unpaired) electrons. The number of aliphatic hydroxyl groups is 4. The first kappa shape index (κ1) is 33.8. The Balaban J connectivity index is 1.25. The summed E-state index contributed by atoms with van der Waals surface area (Å²) < 4.78 is 11.7. The maximum Gasteiger partial charge on any atom is 0.312 e. The fourth-order valence-electron chi connectivity index (χ4n) is 12.3. The first-order chi connectivity index (χ1) is 20.9. The Morgan fingerprint density at radius 1 is 1.00 bits per heavy atom. The number of fused-ring (bicyclic) bond motifs is 2. The third kappa shape index (κ3) is 4.52. The average Bonchev–Trinajstić information content (AvgIpc) is 3.60. The average molecular weight is 637 g/mol. The van der Waals surface area contributed by atoms with Gasteiger partial charge in [-0.3, -0.25) is 10.1 Å². The zero-order valence-corrected chi connectivity index (χ0v) is 27.8. The summed E-state index contributed by atoms with van der Waals surface area (Å²) >= 11 is 0. The van der Waals surface area contributed by atoms with E-state index in [0.717, 1.165) is 44.9 Å². The Hall–Kier alpha value is -1.11. The van der Waals surface area contributed by atoms with Crippen LogP contribution in [0.3, 0.4) is 0 Å². The summed E-state index contributed by atoms with van der Waals surface area (Å²) in [5.74, 6) is 0.144. The molecule has 5 saturated carbocycles. The number of carbonyl (C=O) groups is 1. The van der Waals surface area contributed by atoms with Gasteiger partial charge >= 0.3 is 5.97 Å². The van der Waals surface area contributed by atoms with Gasteiger partial charge in [-0.2, -0.15) is 0 Å². The normalized spacial score (nSPS) is 53.3. The molecule has 1 aliphatic heterocycles. The second-order valence-corrected chi connectivity index (χ2v) is 17.1. The molecule has 1 saturated heterocycles. The Morgan fingerprint density at radius 3 is 2.36 bits per heavy atom. The van der Waals surface area contributed by atoms with E-state index >= 15 is 0 Å². The largest absolute Gasteiger partial charge is 0.481 e. The van der Waals surface area contributed by atoms with Gasteiger partial charge in [-0.1, -0.05) is 32.9 Å². The highest BCUT2D eigenvalue weighted by Gasteiger charge is 2.86. The predicted octanol–water partition coefficient (Wildman–Crippen LogP) is 4.14. The first-order valence-corrected chi connectivity index (χ1v) is 17.2. The molecule has 0 amide bonds. The van der Waals surface area contributed by atoms with Crippen molar-refractivity contribution in [3.63, 3.8) is 0 Å². The van der Waals surface area contributed by atoms with Gasteiger partial charge in [0.05, 0.1) is 24.2 Å². The van der Waals surface area contributed by atoms with Crippen LogP contribution in [0.5, 0.6) is 0 Å². The van der Waals surface area contributed by atoms with E-state index in [9.17, 15) is 35.6 Å². The zero-order valence-electron chi connectivity index (χ0n) is 27.8. The second-order valence-electron chi connectivity index (χ2n) is 17.1. The lowest BCUT2D eigenvalue weighted by molar-refractivity contribution is -0.309. The number of rotatable bonds is 8. The van der Waals surface area contributed by atoms with Crippen molar-refractivity contribution in [2.75, 3.05) is 6.61 Å². The van der Waals surface area contributed by atoms with Gasteiger partial charge in [0.1, 0.15) is 23.9 Å². The van der Waals surface area contributed by atoms with Crippen molar-refractivity contribution in [2.45, 2.75) is 142 Å². The monoisotopic (exact) mass is 636 g/mol. The van der Waals surface area contributed by atoms with Crippen molar-refractivity contribution in [1.82, 2.24) is 0 Å². The van der Waals surface area contributed by atoms with E-state index in [1.54, 1.807) is 6.92 Å². The Labute approximate surface area is 267 Å². The van der Waals surface area contributed by atoms with Gasteiger partial charge < -0.3 is 35.0 Å². The molecule has 5 aliphatic carbocycles. The highest BCUT2D eigenvalue weighted by molar-refractivity contribution is 5.76. The predicted molar refractivity (Wildman–Crippen MR) is 164 cm³/mol. The number of hydrogen-bond donors (Lipinski definition) is 6. The van der Waals surface area contributed by atoms with Crippen LogP contribution in [0.1, 0.15) is 99.3 Å². The van der Waals surface area contributed by atoms with Crippen LogP contribution < -0.4 is 0 Å². The molecule has 6 aliphatic rings. The number of aliphatic carboxylic acids is 1. The lowest BCUT2D eigenvalue weighted by Crippen LogP contribution is -2.65. The molecule has 1 heterocycles. The van der Waals surface area contributed by atoms with E-state index in [1.165, 1.54) is 0 Å². The zero-order chi connectivity index (χ0) is 33.0. The van der Waals surface area contributed by atoms with E-state index in [1.807, 2.05) is 19.9 Å². The third-order valence-corrected chi connectivity index (χ3v) is 15.0. The molecule has 0 bridgehead atoms. The summed E-state index contributed by atoms with van der Waals surface area (Å²) in [6.45, 7) is 12.5. The number of carboxylic acids is 1. The molecule has 0 unspecified atom stereocenters. The summed E-state index contributed by atoms with van der Waals surface area (Å²) in [6, 6.07) is 0. The molecule has 2 spiro atoms. The molecule has 256 valence electrons. The lowest BCUT2D eigenvalue weighted by Gasteiger charge is -2.64. The van der Waals surface area contributed by atoms with Crippen molar-refractivity contribution < 1.29 is 49.9 Å². The van der Waals surface area contributed by atoms with Crippen molar-refractivity contribution in [3.8, 4) is 0 Å². The minimum absolute atomic E-state index is 0.0829. The number of carboxylic acid groups (broad SMARTS) is 1. The Morgan fingerprint density at radius 2 is 1.69 bits per heavy atom. The van der Waals surface area contributed by atoms with Gasteiger partial charge in [-0.05, 0) is 112 Å². The van der Waals surface area contributed by atoms with Crippen LogP contribution in [0, 0.1) is 50.7 Å². The van der Waals surface area contributed by atoms with Crippen molar-refractivity contribution in [2.24, 2.45) is 50.7 Å². The summed E-state index contributed by atoms with van der Waals surface area (Å²) in [5.41, 5.74) is -2.41. The van der Waals surface area contributed by atoms with Crippen LogP contribution in [0.25, 0.3) is 0 Å². The Kier molecular flexibility index (Phi) is 8.22. The van der Waals surface area contributed by atoms with Gasteiger partial charge in [-0.25, -0.2) is 4.89 Å². The second kappa shape index (κ2) is 11.0. The molecule has 0 aromatic rings. The van der Waals surface area contributed by atoms with Crippen molar-refractivity contribution in [1.29, 1.82) is 0 Å². The first-order valence-electron chi connectivity index (χ1n) is 17.2. The summed E-state index contributed by atoms with van der Waals surface area (Å²) in [5, 5.41) is 62.7. The molecule has 0 aromatic heterocycles. The number of aliphatic hydroxyl groups excluding tert-OH is 4. The molecule has 0 aromatic carbocycles. The van der Waals surface area contributed by atoms with E-state index < -0.39 is 59.2 Å². The molecule has 10 nitrogen and oxygen atoms in total. The highest BCUT2D eigenvalue weighted by atomic mass is 17.1. The topological polar surface area (TPSA) is 166 Å². The van der Waals surface area contributed by atoms with Crippen LogP contribution in [0.4, 0.5) is 0 Å². The van der Waals surface area contributed by atoms with Gasteiger partial charge in [0.25, 0.3) is 0 Å². The van der Waals surface area contributed by atoms with Gasteiger partial charge in [0, 0.05) is 11.8 Å². The van der Waals surface area contributed by atoms with Gasteiger partial charge in [0.2, 0.25) is 0 Å². The Bertz CT molecular complexity index is 1190. The molecular formula is C35H56O10. The van der Waals surface area contributed by atoms with Crippen molar-refractivity contribution >= 4 is 5.97 Å². The minimum atomic E-state index is -1.53. The van der Waals surface area contributed by atoms with Crippen LogP contribution in [-0.4, -0.2) is 85.8 Å². The fourth-order valence-corrected chi connectivity index (χ4v) is 12.3. The highest BCUT2D eigenvalue weighted by Crippen LogP contribution is 2.89. The molecule has 6 rings (SSSR count). The van der Waals surface area contributed by atoms with E-state index in [2.05, 4.69) is 31.7 Å². The third-order valence-electron chi connectivity index (χ3n) is 15.0. The van der Waals surface area contributed by atoms with E-state index in [-0.39, 0.29) is 35.2 Å². The number of ether oxygens (including phenoxy) is 2. The quantitative estimate of drug-likeness (QED) is 0.0987. The summed E-state index contributed by atoms with van der Waals surface area (Å²) in [6.07, 6.45) is 4.65.